The minimum Gasteiger partial charge on any atom is -0.457 e. The van der Waals surface area contributed by atoms with E-state index in [9.17, 15) is 4.21 Å². The normalized spacial score (nSPS) is 11.9. The second-order valence-corrected chi connectivity index (χ2v) is 6.45. The lowest BCUT2D eigenvalue weighted by Crippen LogP contribution is -1.93. The molecule has 0 bridgehead atoms. The fourth-order valence-corrected chi connectivity index (χ4v) is 3.09. The number of rotatable bonds is 4. The SMILES string of the molecule is Cc1ccc(S(=O)c2ccc(Oc3ccccc3)cc2)cc1. The molecule has 3 aromatic carbocycles. The minimum absolute atomic E-state index is 0.732. The Morgan fingerprint density at radius 1 is 0.682 bits per heavy atom. The van der Waals surface area contributed by atoms with Gasteiger partial charge in [0.05, 0.1) is 10.8 Å². The van der Waals surface area contributed by atoms with Gasteiger partial charge in [-0.25, -0.2) is 4.21 Å². The maximum absolute atomic E-state index is 12.5. The zero-order valence-electron chi connectivity index (χ0n) is 12.2. The Kier molecular flexibility index (Phi) is 4.35. The molecule has 2 nitrogen and oxygen atoms in total. The number of hydrogen-bond acceptors (Lipinski definition) is 2. The average molecular weight is 308 g/mol. The van der Waals surface area contributed by atoms with Gasteiger partial charge in [0.25, 0.3) is 0 Å². The van der Waals surface area contributed by atoms with Gasteiger partial charge in [0, 0.05) is 9.79 Å². The van der Waals surface area contributed by atoms with Crippen LogP contribution in [0.4, 0.5) is 0 Å². The third kappa shape index (κ3) is 3.43. The van der Waals surface area contributed by atoms with E-state index in [0.29, 0.717) is 0 Å². The Bertz CT molecular complexity index is 763. The van der Waals surface area contributed by atoms with Crippen LogP contribution in [0.25, 0.3) is 0 Å². The molecule has 0 amide bonds. The molecular weight excluding hydrogens is 292 g/mol. The van der Waals surface area contributed by atoms with Gasteiger partial charge in [-0.1, -0.05) is 35.9 Å². The van der Waals surface area contributed by atoms with Crippen molar-refractivity contribution in [3.63, 3.8) is 0 Å². The molecule has 0 saturated carbocycles. The van der Waals surface area contributed by atoms with Gasteiger partial charge < -0.3 is 4.74 Å². The number of benzene rings is 3. The molecule has 3 aromatic rings. The zero-order chi connectivity index (χ0) is 15.4. The van der Waals surface area contributed by atoms with Crippen LogP contribution in [0.1, 0.15) is 5.56 Å². The first-order valence-electron chi connectivity index (χ1n) is 7.04. The highest BCUT2D eigenvalue weighted by atomic mass is 32.2. The second kappa shape index (κ2) is 6.58. The Labute approximate surface area is 132 Å². The number of ether oxygens (including phenoxy) is 1. The maximum atomic E-state index is 12.5. The van der Waals surface area contributed by atoms with E-state index in [0.717, 1.165) is 26.9 Å². The fourth-order valence-electron chi connectivity index (χ4n) is 2.05. The standard InChI is InChI=1S/C19H16O2S/c1-15-7-11-18(12-8-15)22(20)19-13-9-17(10-14-19)21-16-5-3-2-4-6-16/h2-14H,1H3. The molecule has 110 valence electrons. The van der Waals surface area contributed by atoms with Gasteiger partial charge in [-0.2, -0.15) is 0 Å². The zero-order valence-corrected chi connectivity index (χ0v) is 13.0. The Morgan fingerprint density at radius 3 is 1.77 bits per heavy atom. The largest absolute Gasteiger partial charge is 0.457 e. The van der Waals surface area contributed by atoms with Gasteiger partial charge >= 0.3 is 0 Å². The van der Waals surface area contributed by atoms with Gasteiger partial charge in [-0.15, -0.1) is 0 Å². The lowest BCUT2D eigenvalue weighted by Gasteiger charge is -2.07. The van der Waals surface area contributed by atoms with E-state index in [1.807, 2.05) is 85.8 Å². The lowest BCUT2D eigenvalue weighted by molar-refractivity contribution is 0.482. The van der Waals surface area contributed by atoms with Crippen LogP contribution in [-0.4, -0.2) is 4.21 Å². The smallest absolute Gasteiger partial charge is 0.127 e. The predicted molar refractivity (Wildman–Crippen MR) is 88.8 cm³/mol. The van der Waals surface area contributed by atoms with Crippen molar-refractivity contribution in [2.24, 2.45) is 0 Å². The summed E-state index contributed by atoms with van der Waals surface area (Å²) in [7, 11) is -1.17. The summed E-state index contributed by atoms with van der Waals surface area (Å²) in [4.78, 5) is 1.58. The number of hydrogen-bond donors (Lipinski definition) is 0. The third-order valence-electron chi connectivity index (χ3n) is 3.25. The summed E-state index contributed by atoms with van der Waals surface area (Å²) in [5.41, 5.74) is 1.16. The fraction of sp³-hybridized carbons (Fsp3) is 0.0526. The summed E-state index contributed by atoms with van der Waals surface area (Å²) in [6, 6.07) is 24.7. The third-order valence-corrected chi connectivity index (χ3v) is 4.65. The Hall–Kier alpha value is -2.39. The van der Waals surface area contributed by atoms with E-state index in [1.165, 1.54) is 0 Å². The van der Waals surface area contributed by atoms with E-state index in [1.54, 1.807) is 0 Å². The molecule has 0 aromatic heterocycles. The Balaban J connectivity index is 1.76. The van der Waals surface area contributed by atoms with Crippen molar-refractivity contribution >= 4 is 10.8 Å². The molecule has 3 heteroatoms. The maximum Gasteiger partial charge on any atom is 0.127 e. The molecule has 0 aliphatic rings. The molecule has 1 unspecified atom stereocenters. The molecule has 0 spiro atoms. The van der Waals surface area contributed by atoms with Crippen molar-refractivity contribution in [1.82, 2.24) is 0 Å². The number of para-hydroxylation sites is 1. The van der Waals surface area contributed by atoms with Crippen LogP contribution < -0.4 is 4.74 Å². The van der Waals surface area contributed by atoms with Crippen LogP contribution in [0.15, 0.2) is 88.7 Å². The summed E-state index contributed by atoms with van der Waals surface area (Å²) in [6.07, 6.45) is 0. The van der Waals surface area contributed by atoms with Crippen LogP contribution in [0, 0.1) is 6.92 Å². The highest BCUT2D eigenvalue weighted by molar-refractivity contribution is 7.85. The van der Waals surface area contributed by atoms with Crippen molar-refractivity contribution in [3.05, 3.63) is 84.4 Å². The number of aryl methyl sites for hydroxylation is 1. The summed E-state index contributed by atoms with van der Waals surface area (Å²) < 4.78 is 18.2. The molecule has 0 radical (unpaired) electrons. The molecule has 22 heavy (non-hydrogen) atoms. The molecular formula is C19H16O2S. The van der Waals surface area contributed by atoms with Crippen molar-refractivity contribution in [1.29, 1.82) is 0 Å². The first-order valence-corrected chi connectivity index (χ1v) is 8.19. The van der Waals surface area contributed by atoms with Gasteiger partial charge in [-0.05, 0) is 55.5 Å². The topological polar surface area (TPSA) is 26.3 Å². The molecule has 0 heterocycles. The van der Waals surface area contributed by atoms with Crippen LogP contribution >= 0.6 is 0 Å². The molecule has 0 aliphatic carbocycles. The van der Waals surface area contributed by atoms with Crippen LogP contribution in [-0.2, 0) is 10.8 Å². The van der Waals surface area contributed by atoms with Gasteiger partial charge in [-0.3, -0.25) is 0 Å². The predicted octanol–water partition coefficient (Wildman–Crippen LogP) is 4.95. The van der Waals surface area contributed by atoms with Crippen LogP contribution in [0.5, 0.6) is 11.5 Å². The first-order chi connectivity index (χ1) is 10.7. The average Bonchev–Trinajstić information content (AvgIpc) is 2.57. The molecule has 0 fully saturated rings. The lowest BCUT2D eigenvalue weighted by atomic mass is 10.2. The summed E-state index contributed by atoms with van der Waals surface area (Å²) in [5.74, 6) is 1.52. The summed E-state index contributed by atoms with van der Waals surface area (Å²) in [5, 5.41) is 0. The molecule has 0 saturated heterocycles. The minimum atomic E-state index is -1.17. The Morgan fingerprint density at radius 2 is 1.18 bits per heavy atom. The van der Waals surface area contributed by atoms with E-state index >= 15 is 0 Å². The van der Waals surface area contributed by atoms with E-state index in [4.69, 9.17) is 4.74 Å². The van der Waals surface area contributed by atoms with Crippen LogP contribution in [0.2, 0.25) is 0 Å². The van der Waals surface area contributed by atoms with Crippen molar-refractivity contribution in [2.75, 3.05) is 0 Å². The van der Waals surface area contributed by atoms with Gasteiger partial charge in [0.2, 0.25) is 0 Å². The molecule has 1 atom stereocenters. The first kappa shape index (κ1) is 14.5. The summed E-state index contributed by atoms with van der Waals surface area (Å²) >= 11 is 0. The highest BCUT2D eigenvalue weighted by Crippen LogP contribution is 2.24. The van der Waals surface area contributed by atoms with Gasteiger partial charge in [0.15, 0.2) is 0 Å². The van der Waals surface area contributed by atoms with E-state index in [-0.39, 0.29) is 0 Å². The van der Waals surface area contributed by atoms with Crippen molar-refractivity contribution in [2.45, 2.75) is 16.7 Å². The van der Waals surface area contributed by atoms with Crippen molar-refractivity contribution < 1.29 is 8.95 Å². The highest BCUT2D eigenvalue weighted by Gasteiger charge is 2.07. The second-order valence-electron chi connectivity index (χ2n) is 4.97. The molecule has 0 aliphatic heterocycles. The van der Waals surface area contributed by atoms with E-state index < -0.39 is 10.8 Å². The molecule has 0 N–H and O–H groups in total. The van der Waals surface area contributed by atoms with Crippen LogP contribution in [0.3, 0.4) is 0 Å². The van der Waals surface area contributed by atoms with Crippen molar-refractivity contribution in [3.8, 4) is 11.5 Å². The summed E-state index contributed by atoms with van der Waals surface area (Å²) in [6.45, 7) is 2.02. The monoisotopic (exact) mass is 308 g/mol. The van der Waals surface area contributed by atoms with Gasteiger partial charge in [0.1, 0.15) is 11.5 Å². The van der Waals surface area contributed by atoms with E-state index in [2.05, 4.69) is 0 Å². The molecule has 3 rings (SSSR count). The quantitative estimate of drug-likeness (QED) is 0.681.